The van der Waals surface area contributed by atoms with Crippen molar-refractivity contribution in [3.05, 3.63) is 18.0 Å². The molecule has 0 bridgehead atoms. The van der Waals surface area contributed by atoms with Gasteiger partial charge in [0.1, 0.15) is 5.78 Å². The molecule has 0 saturated heterocycles. The molecular weight excluding hydrogens is 176 g/mol. The highest BCUT2D eigenvalue weighted by Gasteiger charge is 2.23. The van der Waals surface area contributed by atoms with Gasteiger partial charge in [-0.1, -0.05) is 13.8 Å². The minimum absolute atomic E-state index is 0.0980. The molecule has 14 heavy (non-hydrogen) atoms. The highest BCUT2D eigenvalue weighted by Crippen LogP contribution is 2.26. The summed E-state index contributed by atoms with van der Waals surface area (Å²) < 4.78 is 1.89. The van der Waals surface area contributed by atoms with Crippen LogP contribution in [0.2, 0.25) is 0 Å². The second-order valence-electron chi connectivity index (χ2n) is 4.35. The Kier molecular flexibility index (Phi) is 3.09. The maximum Gasteiger partial charge on any atom is 0.130 e. The number of ketones is 1. The van der Waals surface area contributed by atoms with Gasteiger partial charge in [-0.05, 0) is 24.8 Å². The van der Waals surface area contributed by atoms with Crippen LogP contribution in [0, 0.1) is 0 Å². The second-order valence-corrected chi connectivity index (χ2v) is 4.35. The summed E-state index contributed by atoms with van der Waals surface area (Å²) in [6.45, 7) is 8.70. The normalized spacial score (nSPS) is 11.7. The first-order valence-corrected chi connectivity index (χ1v) is 4.98. The van der Waals surface area contributed by atoms with E-state index in [9.17, 15) is 4.79 Å². The zero-order valence-electron chi connectivity index (χ0n) is 9.37. The SMILES string of the molecule is CCn1cc(C(C)(C)CC(C)=O)cn1. The van der Waals surface area contributed by atoms with Crippen LogP contribution in [0.5, 0.6) is 0 Å². The Morgan fingerprint density at radius 3 is 2.64 bits per heavy atom. The van der Waals surface area contributed by atoms with E-state index in [0.717, 1.165) is 12.1 Å². The highest BCUT2D eigenvalue weighted by atomic mass is 16.1. The predicted octanol–water partition coefficient (Wildman–Crippen LogP) is 2.16. The molecule has 0 unspecified atom stereocenters. The van der Waals surface area contributed by atoms with E-state index in [4.69, 9.17) is 0 Å². The lowest BCUT2D eigenvalue weighted by Crippen LogP contribution is -2.19. The maximum atomic E-state index is 11.1. The Balaban J connectivity index is 2.85. The minimum Gasteiger partial charge on any atom is -0.300 e. The van der Waals surface area contributed by atoms with E-state index < -0.39 is 0 Å². The van der Waals surface area contributed by atoms with Crippen LogP contribution >= 0.6 is 0 Å². The van der Waals surface area contributed by atoms with Crippen molar-refractivity contribution in [1.29, 1.82) is 0 Å². The van der Waals surface area contributed by atoms with Crippen molar-refractivity contribution in [2.45, 2.75) is 46.1 Å². The van der Waals surface area contributed by atoms with Gasteiger partial charge in [0, 0.05) is 19.2 Å². The van der Waals surface area contributed by atoms with Crippen LogP contribution in [-0.4, -0.2) is 15.6 Å². The molecule has 1 rings (SSSR count). The zero-order chi connectivity index (χ0) is 10.8. The number of aryl methyl sites for hydroxylation is 1. The molecule has 0 amide bonds. The van der Waals surface area contributed by atoms with Crippen molar-refractivity contribution < 1.29 is 4.79 Å². The van der Waals surface area contributed by atoms with Crippen LogP contribution in [0.1, 0.15) is 39.7 Å². The van der Waals surface area contributed by atoms with Crippen LogP contribution in [0.4, 0.5) is 0 Å². The lowest BCUT2D eigenvalue weighted by Gasteiger charge is -2.21. The summed E-state index contributed by atoms with van der Waals surface area (Å²) in [5.41, 5.74) is 1.04. The summed E-state index contributed by atoms with van der Waals surface area (Å²) in [4.78, 5) is 11.1. The van der Waals surface area contributed by atoms with E-state index in [2.05, 4.69) is 25.9 Å². The first kappa shape index (κ1) is 11.0. The molecule has 0 saturated carbocycles. The molecule has 1 heterocycles. The lowest BCUT2D eigenvalue weighted by molar-refractivity contribution is -0.118. The van der Waals surface area contributed by atoms with Crippen LogP contribution in [0.15, 0.2) is 12.4 Å². The topological polar surface area (TPSA) is 34.9 Å². The molecule has 0 aliphatic heterocycles. The largest absolute Gasteiger partial charge is 0.300 e. The van der Waals surface area contributed by atoms with Gasteiger partial charge in [0.15, 0.2) is 0 Å². The predicted molar refractivity (Wildman–Crippen MR) is 56.2 cm³/mol. The smallest absolute Gasteiger partial charge is 0.130 e. The number of hydrogen-bond acceptors (Lipinski definition) is 2. The van der Waals surface area contributed by atoms with Crippen molar-refractivity contribution >= 4 is 5.78 Å². The molecule has 0 radical (unpaired) electrons. The Labute approximate surface area is 85.1 Å². The summed E-state index contributed by atoms with van der Waals surface area (Å²) in [6.07, 6.45) is 4.44. The molecule has 0 aromatic carbocycles. The Morgan fingerprint density at radius 1 is 1.57 bits per heavy atom. The quantitative estimate of drug-likeness (QED) is 0.736. The molecule has 78 valence electrons. The Morgan fingerprint density at radius 2 is 2.21 bits per heavy atom. The molecule has 0 spiro atoms. The summed E-state index contributed by atoms with van der Waals surface area (Å²) in [7, 11) is 0. The molecule has 0 N–H and O–H groups in total. The number of Topliss-reactive ketones (excluding diaryl/α,β-unsaturated/α-hetero) is 1. The first-order valence-electron chi connectivity index (χ1n) is 4.98. The van der Waals surface area contributed by atoms with Crippen LogP contribution in [0.3, 0.4) is 0 Å². The molecule has 0 fully saturated rings. The summed E-state index contributed by atoms with van der Waals surface area (Å²) in [6, 6.07) is 0. The summed E-state index contributed by atoms with van der Waals surface area (Å²) in [5.74, 6) is 0.222. The van der Waals surface area contributed by atoms with E-state index in [1.54, 1.807) is 6.92 Å². The fraction of sp³-hybridized carbons (Fsp3) is 0.636. The number of rotatable bonds is 4. The highest BCUT2D eigenvalue weighted by molar-refractivity contribution is 5.77. The van der Waals surface area contributed by atoms with Gasteiger partial charge in [-0.15, -0.1) is 0 Å². The standard InChI is InChI=1S/C11H18N2O/c1-5-13-8-10(7-12-13)11(3,4)6-9(2)14/h7-8H,5-6H2,1-4H3. The maximum absolute atomic E-state index is 11.1. The Bertz CT molecular complexity index is 326. The van der Waals surface area contributed by atoms with Crippen LogP contribution < -0.4 is 0 Å². The number of nitrogens with zero attached hydrogens (tertiary/aromatic N) is 2. The minimum atomic E-state index is -0.0980. The van der Waals surface area contributed by atoms with Gasteiger partial charge >= 0.3 is 0 Å². The summed E-state index contributed by atoms with van der Waals surface area (Å²) >= 11 is 0. The molecule has 1 aromatic rings. The average Bonchev–Trinajstić information content (AvgIpc) is 2.49. The third-order valence-electron chi connectivity index (χ3n) is 2.43. The van der Waals surface area contributed by atoms with E-state index in [-0.39, 0.29) is 11.2 Å². The summed E-state index contributed by atoms with van der Waals surface area (Å²) in [5, 5.41) is 4.21. The first-order chi connectivity index (χ1) is 6.45. The van der Waals surface area contributed by atoms with E-state index in [1.165, 1.54) is 0 Å². The van der Waals surface area contributed by atoms with Crippen LogP contribution in [-0.2, 0) is 16.8 Å². The van der Waals surface area contributed by atoms with Gasteiger partial charge < -0.3 is 0 Å². The monoisotopic (exact) mass is 194 g/mol. The molecule has 1 aromatic heterocycles. The van der Waals surface area contributed by atoms with Crippen molar-refractivity contribution in [2.24, 2.45) is 0 Å². The average molecular weight is 194 g/mol. The second kappa shape index (κ2) is 3.95. The fourth-order valence-electron chi connectivity index (χ4n) is 1.61. The van der Waals surface area contributed by atoms with Crippen molar-refractivity contribution in [3.8, 4) is 0 Å². The third-order valence-corrected chi connectivity index (χ3v) is 2.43. The van der Waals surface area contributed by atoms with E-state index in [0.29, 0.717) is 6.42 Å². The van der Waals surface area contributed by atoms with Crippen LogP contribution in [0.25, 0.3) is 0 Å². The van der Waals surface area contributed by atoms with Crippen molar-refractivity contribution in [3.63, 3.8) is 0 Å². The molecule has 3 heteroatoms. The molecule has 0 atom stereocenters. The zero-order valence-corrected chi connectivity index (χ0v) is 9.37. The Hall–Kier alpha value is -1.12. The van der Waals surface area contributed by atoms with E-state index >= 15 is 0 Å². The molecule has 0 aliphatic carbocycles. The number of hydrogen-bond donors (Lipinski definition) is 0. The fourth-order valence-corrected chi connectivity index (χ4v) is 1.61. The molecule has 0 aliphatic rings. The number of carbonyl (C=O) groups excluding carboxylic acids is 1. The van der Waals surface area contributed by atoms with Crippen molar-refractivity contribution in [1.82, 2.24) is 9.78 Å². The third kappa shape index (κ3) is 2.44. The van der Waals surface area contributed by atoms with Gasteiger partial charge in [-0.25, -0.2) is 0 Å². The van der Waals surface area contributed by atoms with Gasteiger partial charge in [-0.2, -0.15) is 5.10 Å². The van der Waals surface area contributed by atoms with Gasteiger partial charge in [0.2, 0.25) is 0 Å². The van der Waals surface area contributed by atoms with E-state index in [1.807, 2.05) is 17.1 Å². The van der Waals surface area contributed by atoms with Gasteiger partial charge in [-0.3, -0.25) is 9.48 Å². The van der Waals surface area contributed by atoms with Gasteiger partial charge in [0.05, 0.1) is 6.20 Å². The number of carbonyl (C=O) groups is 1. The lowest BCUT2D eigenvalue weighted by atomic mass is 9.82. The van der Waals surface area contributed by atoms with Gasteiger partial charge in [0.25, 0.3) is 0 Å². The number of aromatic nitrogens is 2. The molecular formula is C11H18N2O. The molecule has 3 nitrogen and oxygen atoms in total. The van der Waals surface area contributed by atoms with Crippen molar-refractivity contribution in [2.75, 3.05) is 0 Å².